The van der Waals surface area contributed by atoms with Gasteiger partial charge in [0.05, 0.1) is 30.8 Å². The molecular weight excluding hydrogens is 316 g/mol. The second-order valence-electron chi connectivity index (χ2n) is 10.6. The van der Waals surface area contributed by atoms with Gasteiger partial charge in [0.15, 0.2) is 0 Å². The summed E-state index contributed by atoms with van der Waals surface area (Å²) < 4.78 is 18.0. The molecule has 4 saturated carbocycles. The largest absolute Gasteiger partial charge is 0.469 e. The lowest BCUT2D eigenvalue weighted by molar-refractivity contribution is -0.185. The predicted molar refractivity (Wildman–Crippen MR) is 90.9 cm³/mol. The summed E-state index contributed by atoms with van der Waals surface area (Å²) in [4.78, 5) is 12.8. The molecule has 8 atom stereocenters. The number of carbonyl (C=O) groups excluding carboxylic acids is 1. The number of epoxide rings is 2. The minimum absolute atomic E-state index is 0.00453. The highest BCUT2D eigenvalue weighted by Gasteiger charge is 2.87. The molecule has 0 radical (unpaired) electrons. The third-order valence-electron chi connectivity index (χ3n) is 9.89. The number of carbonyl (C=O) groups is 1. The number of hydrogen-bond acceptors (Lipinski definition) is 4. The molecule has 138 valence electrons. The van der Waals surface area contributed by atoms with Gasteiger partial charge >= 0.3 is 5.97 Å². The van der Waals surface area contributed by atoms with Gasteiger partial charge < -0.3 is 14.2 Å². The Bertz CT molecular complexity index is 671. The van der Waals surface area contributed by atoms with Gasteiger partial charge in [-0.2, -0.15) is 0 Å². The van der Waals surface area contributed by atoms with E-state index in [-0.39, 0.29) is 28.0 Å². The first-order valence-electron chi connectivity index (χ1n) is 10.3. The molecule has 6 rings (SSSR count). The van der Waals surface area contributed by atoms with Crippen LogP contribution in [-0.2, 0) is 19.0 Å². The van der Waals surface area contributed by atoms with Gasteiger partial charge in [0, 0.05) is 10.8 Å². The summed E-state index contributed by atoms with van der Waals surface area (Å²) in [6.07, 6.45) is 9.70. The van der Waals surface area contributed by atoms with Crippen LogP contribution in [0, 0.1) is 28.1 Å². The van der Waals surface area contributed by atoms with Crippen LogP contribution in [0.5, 0.6) is 0 Å². The van der Waals surface area contributed by atoms with E-state index in [4.69, 9.17) is 14.2 Å². The molecule has 0 N–H and O–H groups in total. The molecule has 4 nitrogen and oxygen atoms in total. The van der Waals surface area contributed by atoms with E-state index in [1.165, 1.54) is 32.1 Å². The minimum atomic E-state index is -0.349. The molecule has 4 heteroatoms. The smallest absolute Gasteiger partial charge is 0.311 e. The maximum absolute atomic E-state index is 12.8. The highest BCUT2D eigenvalue weighted by Crippen LogP contribution is 2.82. The van der Waals surface area contributed by atoms with E-state index >= 15 is 0 Å². The number of ether oxygens (including phenoxy) is 3. The van der Waals surface area contributed by atoms with Gasteiger partial charge in [-0.25, -0.2) is 0 Å². The second kappa shape index (κ2) is 4.11. The lowest BCUT2D eigenvalue weighted by Gasteiger charge is -2.62. The van der Waals surface area contributed by atoms with Crippen LogP contribution in [0.2, 0.25) is 0 Å². The molecule has 3 spiro atoms. The van der Waals surface area contributed by atoms with Gasteiger partial charge in [-0.15, -0.1) is 0 Å². The van der Waals surface area contributed by atoms with Gasteiger partial charge in [0.1, 0.15) is 5.60 Å². The van der Waals surface area contributed by atoms with Crippen molar-refractivity contribution in [1.29, 1.82) is 0 Å². The first kappa shape index (κ1) is 15.4. The van der Waals surface area contributed by atoms with Crippen LogP contribution in [-0.4, -0.2) is 37.0 Å². The third-order valence-corrected chi connectivity index (χ3v) is 9.89. The molecule has 4 aliphatic carbocycles. The van der Waals surface area contributed by atoms with Crippen molar-refractivity contribution in [3.63, 3.8) is 0 Å². The topological polar surface area (TPSA) is 51.4 Å². The lowest BCUT2D eigenvalue weighted by Crippen LogP contribution is -2.64. The van der Waals surface area contributed by atoms with Crippen LogP contribution >= 0.6 is 0 Å². The summed E-state index contributed by atoms with van der Waals surface area (Å²) in [5.74, 6) is 1.09. The van der Waals surface area contributed by atoms with E-state index in [2.05, 4.69) is 13.8 Å². The molecule has 0 aromatic rings. The summed E-state index contributed by atoms with van der Waals surface area (Å²) in [7, 11) is 1.55. The molecule has 2 aliphatic heterocycles. The average molecular weight is 346 g/mol. The van der Waals surface area contributed by atoms with Crippen molar-refractivity contribution in [2.75, 3.05) is 13.7 Å². The SMILES string of the molecule is COC(=O)[C@]1(C)CCC[C@]2(C)[C@@H]1CC[C@@]13C[C@H](C[C@H]4O[C@]412)[C@@]1(CO1)C3. The van der Waals surface area contributed by atoms with Crippen LogP contribution < -0.4 is 0 Å². The molecule has 2 bridgehead atoms. The van der Waals surface area contributed by atoms with Gasteiger partial charge in [0.2, 0.25) is 0 Å². The summed E-state index contributed by atoms with van der Waals surface area (Å²) >= 11 is 0. The highest BCUT2D eigenvalue weighted by molar-refractivity contribution is 5.77. The van der Waals surface area contributed by atoms with Crippen LogP contribution in [0.3, 0.4) is 0 Å². The Kier molecular flexibility index (Phi) is 2.54. The number of hydrogen-bond donors (Lipinski definition) is 0. The van der Waals surface area contributed by atoms with Crippen molar-refractivity contribution in [2.24, 2.45) is 28.1 Å². The normalized spacial score (nSPS) is 63.4. The van der Waals surface area contributed by atoms with Crippen molar-refractivity contribution < 1.29 is 19.0 Å². The van der Waals surface area contributed by atoms with Crippen molar-refractivity contribution in [1.82, 2.24) is 0 Å². The van der Waals surface area contributed by atoms with Crippen molar-refractivity contribution >= 4 is 5.97 Å². The van der Waals surface area contributed by atoms with Crippen LogP contribution in [0.25, 0.3) is 0 Å². The molecule has 2 heterocycles. The van der Waals surface area contributed by atoms with Gasteiger partial charge in [-0.1, -0.05) is 13.3 Å². The monoisotopic (exact) mass is 346 g/mol. The van der Waals surface area contributed by atoms with E-state index in [0.29, 0.717) is 23.4 Å². The van der Waals surface area contributed by atoms with Crippen molar-refractivity contribution in [3.8, 4) is 0 Å². The number of methoxy groups -OCH3 is 1. The molecule has 0 aromatic carbocycles. The maximum atomic E-state index is 12.8. The Hall–Kier alpha value is -0.610. The second-order valence-corrected chi connectivity index (χ2v) is 10.6. The number of esters is 1. The van der Waals surface area contributed by atoms with Crippen LogP contribution in [0.1, 0.15) is 65.2 Å². The molecule has 0 unspecified atom stereocenters. The Morgan fingerprint density at radius 1 is 1.20 bits per heavy atom. The Labute approximate surface area is 150 Å². The minimum Gasteiger partial charge on any atom is -0.469 e. The molecule has 6 fully saturated rings. The van der Waals surface area contributed by atoms with Gasteiger partial charge in [-0.3, -0.25) is 4.79 Å². The molecule has 0 amide bonds. The Morgan fingerprint density at radius 2 is 2.00 bits per heavy atom. The summed E-state index contributed by atoms with van der Waals surface area (Å²) in [6.45, 7) is 5.60. The summed E-state index contributed by atoms with van der Waals surface area (Å²) in [5.41, 5.74) is 0.259. The number of fused-ring (bicyclic) bond motifs is 3. The fourth-order valence-corrected chi connectivity index (χ4v) is 8.93. The lowest BCUT2D eigenvalue weighted by atomic mass is 9.40. The Morgan fingerprint density at radius 3 is 2.72 bits per heavy atom. The van der Waals surface area contributed by atoms with Crippen LogP contribution in [0.15, 0.2) is 0 Å². The fourth-order valence-electron chi connectivity index (χ4n) is 8.93. The summed E-state index contributed by atoms with van der Waals surface area (Å²) in [5, 5.41) is 0. The van der Waals surface area contributed by atoms with E-state index in [0.717, 1.165) is 25.9 Å². The maximum Gasteiger partial charge on any atom is 0.311 e. The van der Waals surface area contributed by atoms with Crippen molar-refractivity contribution in [2.45, 2.75) is 82.5 Å². The molecule has 25 heavy (non-hydrogen) atoms. The van der Waals surface area contributed by atoms with E-state index in [1.807, 2.05) is 0 Å². The average Bonchev–Trinajstić information content (AvgIpc) is 3.46. The van der Waals surface area contributed by atoms with E-state index in [9.17, 15) is 4.79 Å². The van der Waals surface area contributed by atoms with Gasteiger partial charge in [-0.05, 0) is 63.7 Å². The highest BCUT2D eigenvalue weighted by atomic mass is 16.6. The fraction of sp³-hybridized carbons (Fsp3) is 0.952. The zero-order chi connectivity index (χ0) is 17.3. The third kappa shape index (κ3) is 1.43. The summed E-state index contributed by atoms with van der Waals surface area (Å²) in [6, 6.07) is 0. The standard InChI is InChI=1S/C21H30O4/c1-17(16(22)23-3)6-4-7-18(2)14(17)5-8-19-10-13(20(11-19)12-24-20)9-15-21(18,19)25-15/h13-15H,4-12H2,1-3H3/t13-,14+,15+,17+,18+,19-,20-,21-/m0/s1. The van der Waals surface area contributed by atoms with E-state index < -0.39 is 0 Å². The zero-order valence-electron chi connectivity index (χ0n) is 15.7. The molecule has 6 aliphatic rings. The molecule has 0 aromatic heterocycles. The molecule has 2 saturated heterocycles. The predicted octanol–water partition coefficient (Wildman–Crippen LogP) is 3.47. The van der Waals surface area contributed by atoms with Crippen molar-refractivity contribution in [3.05, 3.63) is 0 Å². The quantitative estimate of drug-likeness (QED) is 0.539. The zero-order valence-corrected chi connectivity index (χ0v) is 15.7. The number of rotatable bonds is 1. The first-order valence-corrected chi connectivity index (χ1v) is 10.3. The van der Waals surface area contributed by atoms with Gasteiger partial charge in [0.25, 0.3) is 0 Å². The first-order chi connectivity index (χ1) is 11.9. The van der Waals surface area contributed by atoms with E-state index in [1.54, 1.807) is 7.11 Å². The Balaban J connectivity index is 1.46. The molecular formula is C21H30O4. The van der Waals surface area contributed by atoms with Crippen LogP contribution in [0.4, 0.5) is 0 Å².